The third-order valence-electron chi connectivity index (χ3n) is 2.08. The Bertz CT molecular complexity index is 396. The van der Waals surface area contributed by atoms with Crippen molar-refractivity contribution in [2.45, 2.75) is 6.92 Å². The lowest BCUT2D eigenvalue weighted by atomic mass is 10.1. The summed E-state index contributed by atoms with van der Waals surface area (Å²) in [6.45, 7) is 1.91. The molecular weight excluding hydrogens is 208 g/mol. The Labute approximate surface area is 94.1 Å². The maximum atomic E-state index is 10.5. The van der Waals surface area contributed by atoms with E-state index in [1.165, 1.54) is 20.3 Å². The molecule has 0 saturated carbocycles. The zero-order valence-electron chi connectivity index (χ0n) is 9.48. The van der Waals surface area contributed by atoms with Crippen LogP contribution in [-0.4, -0.2) is 25.3 Å². The summed E-state index contributed by atoms with van der Waals surface area (Å²) in [5, 5.41) is 8.59. The van der Waals surface area contributed by atoms with E-state index >= 15 is 0 Å². The highest BCUT2D eigenvalue weighted by Crippen LogP contribution is 2.31. The van der Waals surface area contributed by atoms with Gasteiger partial charge in [0, 0.05) is 6.08 Å². The molecule has 4 heteroatoms. The molecule has 4 nitrogen and oxygen atoms in total. The molecule has 0 aromatic heterocycles. The van der Waals surface area contributed by atoms with Gasteiger partial charge in [-0.2, -0.15) is 0 Å². The molecule has 0 aliphatic carbocycles. The molecule has 0 amide bonds. The summed E-state index contributed by atoms with van der Waals surface area (Å²) in [7, 11) is 3.07. The average molecular weight is 222 g/mol. The molecule has 1 rings (SSSR count). The summed E-state index contributed by atoms with van der Waals surface area (Å²) >= 11 is 0. The molecule has 16 heavy (non-hydrogen) atoms. The Morgan fingerprint density at radius 1 is 1.25 bits per heavy atom. The number of hydrogen-bond donors (Lipinski definition) is 1. The number of methoxy groups -OCH3 is 2. The van der Waals surface area contributed by atoms with Crippen LogP contribution in [0, 0.1) is 6.92 Å². The van der Waals surface area contributed by atoms with Crippen LogP contribution in [0.25, 0.3) is 6.08 Å². The van der Waals surface area contributed by atoms with Crippen molar-refractivity contribution < 1.29 is 19.4 Å². The van der Waals surface area contributed by atoms with Gasteiger partial charge < -0.3 is 14.6 Å². The van der Waals surface area contributed by atoms with Gasteiger partial charge in [-0.25, -0.2) is 4.79 Å². The van der Waals surface area contributed by atoms with Crippen molar-refractivity contribution >= 4 is 12.0 Å². The van der Waals surface area contributed by atoms with Crippen molar-refractivity contribution in [2.75, 3.05) is 14.2 Å². The molecule has 0 atom stereocenters. The third-order valence-corrected chi connectivity index (χ3v) is 2.08. The van der Waals surface area contributed by atoms with Crippen LogP contribution in [0.1, 0.15) is 11.1 Å². The van der Waals surface area contributed by atoms with E-state index in [0.29, 0.717) is 17.1 Å². The van der Waals surface area contributed by atoms with Gasteiger partial charge in [0.15, 0.2) is 0 Å². The number of benzene rings is 1. The second-order valence-corrected chi connectivity index (χ2v) is 3.25. The zero-order valence-corrected chi connectivity index (χ0v) is 9.48. The van der Waals surface area contributed by atoms with Crippen molar-refractivity contribution in [2.24, 2.45) is 0 Å². The van der Waals surface area contributed by atoms with Crippen LogP contribution in [0.3, 0.4) is 0 Å². The maximum absolute atomic E-state index is 10.5. The number of carboxylic acid groups (broad SMARTS) is 1. The fourth-order valence-electron chi connectivity index (χ4n) is 1.39. The predicted octanol–water partition coefficient (Wildman–Crippen LogP) is 2.11. The van der Waals surface area contributed by atoms with Crippen LogP contribution in [0.2, 0.25) is 0 Å². The Hall–Kier alpha value is -1.97. The molecule has 0 spiro atoms. The molecule has 1 aromatic carbocycles. The summed E-state index contributed by atoms with van der Waals surface area (Å²) in [5.41, 5.74) is 1.61. The number of carboxylic acids is 1. The molecule has 0 bridgehead atoms. The normalized spacial score (nSPS) is 10.4. The minimum Gasteiger partial charge on any atom is -0.496 e. The van der Waals surface area contributed by atoms with E-state index in [4.69, 9.17) is 14.6 Å². The van der Waals surface area contributed by atoms with Crippen LogP contribution >= 0.6 is 0 Å². The smallest absolute Gasteiger partial charge is 0.328 e. The highest BCUT2D eigenvalue weighted by molar-refractivity contribution is 5.86. The summed E-state index contributed by atoms with van der Waals surface area (Å²) in [6, 6.07) is 3.65. The molecule has 1 aromatic rings. The molecule has 0 unspecified atom stereocenters. The highest BCUT2D eigenvalue weighted by Gasteiger charge is 2.08. The number of rotatable bonds is 4. The van der Waals surface area contributed by atoms with Crippen LogP contribution < -0.4 is 9.47 Å². The van der Waals surface area contributed by atoms with Crippen LogP contribution in [0.15, 0.2) is 18.2 Å². The van der Waals surface area contributed by atoms with Gasteiger partial charge in [0.1, 0.15) is 11.5 Å². The van der Waals surface area contributed by atoms with Crippen molar-refractivity contribution in [1.29, 1.82) is 0 Å². The van der Waals surface area contributed by atoms with E-state index in [2.05, 4.69) is 0 Å². The molecule has 0 aliphatic heterocycles. The first-order valence-electron chi connectivity index (χ1n) is 4.72. The van der Waals surface area contributed by atoms with E-state index in [1.54, 1.807) is 0 Å². The summed E-state index contributed by atoms with van der Waals surface area (Å²) < 4.78 is 10.4. The van der Waals surface area contributed by atoms with Crippen molar-refractivity contribution in [3.63, 3.8) is 0 Å². The topological polar surface area (TPSA) is 55.8 Å². The molecule has 0 radical (unpaired) electrons. The fourth-order valence-corrected chi connectivity index (χ4v) is 1.39. The van der Waals surface area contributed by atoms with Gasteiger partial charge in [0.2, 0.25) is 0 Å². The summed E-state index contributed by atoms with van der Waals surface area (Å²) in [4.78, 5) is 10.5. The second-order valence-electron chi connectivity index (χ2n) is 3.25. The minimum atomic E-state index is -1.01. The third kappa shape index (κ3) is 2.76. The summed E-state index contributed by atoms with van der Waals surface area (Å²) in [6.07, 6.45) is 2.51. The van der Waals surface area contributed by atoms with Crippen molar-refractivity contribution in [3.8, 4) is 11.5 Å². The van der Waals surface area contributed by atoms with Gasteiger partial charge in [-0.1, -0.05) is 0 Å². The van der Waals surface area contributed by atoms with Crippen molar-refractivity contribution in [3.05, 3.63) is 29.3 Å². The molecule has 86 valence electrons. The Kier molecular flexibility index (Phi) is 3.94. The number of hydrogen-bond acceptors (Lipinski definition) is 3. The number of carbonyl (C=O) groups is 1. The SMILES string of the molecule is COc1cc(C)cc(OC)c1/C=C\C(=O)O. The first-order valence-corrected chi connectivity index (χ1v) is 4.72. The van der Waals surface area contributed by atoms with Crippen LogP contribution in [-0.2, 0) is 4.79 Å². The Morgan fingerprint density at radius 2 is 1.75 bits per heavy atom. The zero-order chi connectivity index (χ0) is 12.1. The Balaban J connectivity index is 3.27. The standard InChI is InChI=1S/C12H14O4/c1-8-6-10(15-2)9(4-5-12(13)14)11(7-8)16-3/h4-7H,1-3H3,(H,13,14)/b5-4-. The first kappa shape index (κ1) is 12.1. The lowest BCUT2D eigenvalue weighted by molar-refractivity contribution is -0.131. The molecule has 0 saturated heterocycles. The van der Waals surface area contributed by atoms with E-state index in [-0.39, 0.29) is 0 Å². The molecule has 0 aliphatic rings. The van der Waals surface area contributed by atoms with E-state index in [9.17, 15) is 4.79 Å². The number of aryl methyl sites for hydroxylation is 1. The molecular formula is C12H14O4. The Morgan fingerprint density at radius 3 is 2.12 bits per heavy atom. The molecule has 1 N–H and O–H groups in total. The van der Waals surface area contributed by atoms with E-state index in [0.717, 1.165) is 11.6 Å². The minimum absolute atomic E-state index is 0.592. The van der Waals surface area contributed by atoms with E-state index in [1.807, 2.05) is 19.1 Å². The number of ether oxygens (including phenoxy) is 2. The highest BCUT2D eigenvalue weighted by atomic mass is 16.5. The van der Waals surface area contributed by atoms with Gasteiger partial charge in [0.05, 0.1) is 19.8 Å². The average Bonchev–Trinajstić information content (AvgIpc) is 2.25. The van der Waals surface area contributed by atoms with Gasteiger partial charge in [-0.15, -0.1) is 0 Å². The van der Waals surface area contributed by atoms with Gasteiger partial charge >= 0.3 is 5.97 Å². The van der Waals surface area contributed by atoms with Crippen LogP contribution in [0.4, 0.5) is 0 Å². The van der Waals surface area contributed by atoms with Crippen molar-refractivity contribution in [1.82, 2.24) is 0 Å². The maximum Gasteiger partial charge on any atom is 0.328 e. The summed E-state index contributed by atoms with van der Waals surface area (Å²) in [5.74, 6) is 0.174. The number of aliphatic carboxylic acids is 1. The second kappa shape index (κ2) is 5.21. The fraction of sp³-hybridized carbons (Fsp3) is 0.250. The van der Waals surface area contributed by atoms with Gasteiger partial charge in [0.25, 0.3) is 0 Å². The van der Waals surface area contributed by atoms with Gasteiger partial charge in [-0.05, 0) is 30.7 Å². The first-order chi connectivity index (χ1) is 7.58. The van der Waals surface area contributed by atoms with Gasteiger partial charge in [-0.3, -0.25) is 0 Å². The lowest BCUT2D eigenvalue weighted by Gasteiger charge is -2.11. The van der Waals surface area contributed by atoms with E-state index < -0.39 is 5.97 Å². The quantitative estimate of drug-likeness (QED) is 0.793. The molecule has 0 heterocycles. The largest absolute Gasteiger partial charge is 0.496 e. The predicted molar refractivity (Wildman–Crippen MR) is 61.0 cm³/mol. The van der Waals surface area contributed by atoms with Crippen LogP contribution in [0.5, 0.6) is 11.5 Å². The monoisotopic (exact) mass is 222 g/mol. The lowest BCUT2D eigenvalue weighted by Crippen LogP contribution is -1.94. The molecule has 0 fully saturated rings.